The maximum absolute atomic E-state index is 4.65. The molecule has 0 aliphatic carbocycles. The van der Waals surface area contributed by atoms with E-state index in [0.717, 1.165) is 49.1 Å². The highest BCUT2D eigenvalue weighted by Gasteiger charge is 2.04. The topological polar surface area (TPSA) is 80.0 Å². The van der Waals surface area contributed by atoms with Crippen molar-refractivity contribution in [1.82, 2.24) is 30.4 Å². The summed E-state index contributed by atoms with van der Waals surface area (Å²) < 4.78 is 1.99. The van der Waals surface area contributed by atoms with Crippen LogP contribution >= 0.6 is 35.3 Å². The number of nitrogens with zero attached hydrogens (tertiary/aromatic N) is 5. The van der Waals surface area contributed by atoms with Gasteiger partial charge in [0.2, 0.25) is 0 Å². The Labute approximate surface area is 164 Å². The molecule has 9 heteroatoms. The third-order valence-electron chi connectivity index (χ3n) is 3.33. The average Bonchev–Trinajstić information content (AvgIpc) is 3.14. The van der Waals surface area contributed by atoms with Crippen LogP contribution in [-0.4, -0.2) is 38.8 Å². The monoisotopic (exact) mass is 463 g/mol. The van der Waals surface area contributed by atoms with Crippen molar-refractivity contribution in [3.8, 4) is 0 Å². The highest BCUT2D eigenvalue weighted by molar-refractivity contribution is 14.0. The predicted molar refractivity (Wildman–Crippen MR) is 109 cm³/mol. The number of aliphatic imine (C=N–C) groups is 1. The van der Waals surface area contributed by atoms with Crippen LogP contribution in [0.1, 0.15) is 35.3 Å². The number of unbranched alkanes of at least 4 members (excludes halogenated alkanes) is 1. The standard InChI is InChI=1S/C15H25N7S.HI/c1-4-16-15(18-9-14-12(2)21-13(3)23-14)17-7-5-6-8-22-10-19-20-11-22;/h10-11H,4-9H2,1-3H3,(H2,16,17,18);1H. The van der Waals surface area contributed by atoms with Gasteiger partial charge in [0.1, 0.15) is 12.7 Å². The normalized spacial score (nSPS) is 11.2. The lowest BCUT2D eigenvalue weighted by atomic mass is 10.3. The predicted octanol–water partition coefficient (Wildman–Crippen LogP) is 2.50. The summed E-state index contributed by atoms with van der Waals surface area (Å²) in [6.07, 6.45) is 5.65. The highest BCUT2D eigenvalue weighted by atomic mass is 127. The van der Waals surface area contributed by atoms with Crippen LogP contribution in [0.15, 0.2) is 17.6 Å². The lowest BCUT2D eigenvalue weighted by molar-refractivity contribution is 0.598. The zero-order valence-corrected chi connectivity index (χ0v) is 17.6. The maximum atomic E-state index is 4.65. The third-order valence-corrected chi connectivity index (χ3v) is 4.38. The van der Waals surface area contributed by atoms with E-state index in [9.17, 15) is 0 Å². The van der Waals surface area contributed by atoms with Crippen LogP contribution in [0.2, 0.25) is 0 Å². The van der Waals surface area contributed by atoms with E-state index in [1.807, 2.05) is 18.4 Å². The van der Waals surface area contributed by atoms with Crippen molar-refractivity contribution in [2.75, 3.05) is 13.1 Å². The van der Waals surface area contributed by atoms with Crippen molar-refractivity contribution >= 4 is 41.3 Å². The molecule has 134 valence electrons. The van der Waals surface area contributed by atoms with E-state index in [4.69, 9.17) is 0 Å². The first-order chi connectivity index (χ1) is 11.2. The molecule has 2 aromatic heterocycles. The second-order valence-corrected chi connectivity index (χ2v) is 6.56. The number of nitrogens with one attached hydrogen (secondary N) is 2. The van der Waals surface area contributed by atoms with Gasteiger partial charge in [0, 0.05) is 24.5 Å². The van der Waals surface area contributed by atoms with Gasteiger partial charge in [-0.3, -0.25) is 0 Å². The van der Waals surface area contributed by atoms with Gasteiger partial charge < -0.3 is 15.2 Å². The van der Waals surface area contributed by atoms with Crippen molar-refractivity contribution in [2.45, 2.75) is 46.7 Å². The second kappa shape index (κ2) is 11.3. The Kier molecular flexibility index (Phi) is 9.84. The number of thiazole rings is 1. The SMILES string of the molecule is CCNC(=NCc1sc(C)nc1C)NCCCCn1cnnc1.I. The number of halogens is 1. The fourth-order valence-electron chi connectivity index (χ4n) is 2.18. The van der Waals surface area contributed by atoms with Crippen LogP contribution < -0.4 is 10.6 Å². The van der Waals surface area contributed by atoms with Gasteiger partial charge in [-0.05, 0) is 33.6 Å². The van der Waals surface area contributed by atoms with Gasteiger partial charge in [-0.2, -0.15) is 0 Å². The van der Waals surface area contributed by atoms with Crippen LogP contribution in [0, 0.1) is 13.8 Å². The fourth-order valence-corrected chi connectivity index (χ4v) is 3.04. The summed E-state index contributed by atoms with van der Waals surface area (Å²) in [6.45, 7) is 9.52. The van der Waals surface area contributed by atoms with E-state index in [2.05, 4.69) is 37.7 Å². The second-order valence-electron chi connectivity index (χ2n) is 5.27. The molecule has 0 aliphatic heterocycles. The molecule has 0 spiro atoms. The van der Waals surface area contributed by atoms with Gasteiger partial charge in [-0.25, -0.2) is 9.98 Å². The number of hydrogen-bond donors (Lipinski definition) is 2. The summed E-state index contributed by atoms with van der Waals surface area (Å²) in [5.74, 6) is 0.863. The lowest BCUT2D eigenvalue weighted by Gasteiger charge is -2.11. The van der Waals surface area contributed by atoms with E-state index in [1.165, 1.54) is 4.88 Å². The first-order valence-electron chi connectivity index (χ1n) is 7.96. The van der Waals surface area contributed by atoms with Crippen molar-refractivity contribution in [3.63, 3.8) is 0 Å². The van der Waals surface area contributed by atoms with Gasteiger partial charge in [0.25, 0.3) is 0 Å². The highest BCUT2D eigenvalue weighted by Crippen LogP contribution is 2.17. The average molecular weight is 463 g/mol. The fraction of sp³-hybridized carbons (Fsp3) is 0.600. The number of rotatable bonds is 8. The van der Waals surface area contributed by atoms with Crippen LogP contribution in [0.3, 0.4) is 0 Å². The molecule has 0 radical (unpaired) electrons. The smallest absolute Gasteiger partial charge is 0.191 e. The van der Waals surface area contributed by atoms with Gasteiger partial charge in [0.05, 0.1) is 17.2 Å². The largest absolute Gasteiger partial charge is 0.357 e. The Balaban J connectivity index is 0.00000288. The first kappa shape index (κ1) is 20.8. The van der Waals surface area contributed by atoms with E-state index < -0.39 is 0 Å². The minimum atomic E-state index is 0. The zero-order valence-electron chi connectivity index (χ0n) is 14.4. The van der Waals surface area contributed by atoms with Gasteiger partial charge in [-0.15, -0.1) is 45.5 Å². The van der Waals surface area contributed by atoms with Gasteiger partial charge in [-0.1, -0.05) is 0 Å². The van der Waals surface area contributed by atoms with Gasteiger partial charge >= 0.3 is 0 Å². The van der Waals surface area contributed by atoms with Crippen molar-refractivity contribution in [3.05, 3.63) is 28.2 Å². The van der Waals surface area contributed by atoms with Crippen molar-refractivity contribution in [2.24, 2.45) is 4.99 Å². The molecule has 0 atom stereocenters. The van der Waals surface area contributed by atoms with E-state index in [-0.39, 0.29) is 24.0 Å². The Morgan fingerprint density at radius 1 is 1.21 bits per heavy atom. The molecular weight excluding hydrogens is 437 g/mol. The van der Waals surface area contributed by atoms with Crippen LogP contribution in [0.5, 0.6) is 0 Å². The summed E-state index contributed by atoms with van der Waals surface area (Å²) in [5, 5.41) is 15.4. The molecule has 0 saturated carbocycles. The number of aryl methyl sites for hydroxylation is 3. The third kappa shape index (κ3) is 7.12. The molecule has 0 fully saturated rings. The molecule has 2 N–H and O–H groups in total. The Morgan fingerprint density at radius 3 is 2.58 bits per heavy atom. The first-order valence-corrected chi connectivity index (χ1v) is 8.78. The Hall–Kier alpha value is -1.23. The molecule has 24 heavy (non-hydrogen) atoms. The molecule has 0 aromatic carbocycles. The molecule has 0 bridgehead atoms. The zero-order chi connectivity index (χ0) is 16.5. The Bertz CT molecular complexity index is 609. The van der Waals surface area contributed by atoms with E-state index >= 15 is 0 Å². The Morgan fingerprint density at radius 2 is 1.96 bits per heavy atom. The molecule has 0 unspecified atom stereocenters. The molecule has 0 saturated heterocycles. The summed E-state index contributed by atoms with van der Waals surface area (Å²) >= 11 is 1.72. The van der Waals surface area contributed by atoms with E-state index in [0.29, 0.717) is 6.54 Å². The lowest BCUT2D eigenvalue weighted by Crippen LogP contribution is -2.37. The van der Waals surface area contributed by atoms with Crippen molar-refractivity contribution in [1.29, 1.82) is 0 Å². The van der Waals surface area contributed by atoms with Crippen LogP contribution in [0.25, 0.3) is 0 Å². The molecule has 7 nitrogen and oxygen atoms in total. The molecule has 0 aliphatic rings. The summed E-state index contributed by atoms with van der Waals surface area (Å²) in [5.41, 5.74) is 1.08. The molecule has 2 rings (SSSR count). The maximum Gasteiger partial charge on any atom is 0.191 e. The molecule has 0 amide bonds. The van der Waals surface area contributed by atoms with E-state index in [1.54, 1.807) is 24.0 Å². The summed E-state index contributed by atoms with van der Waals surface area (Å²) in [6, 6.07) is 0. The van der Waals surface area contributed by atoms with Gasteiger partial charge in [0.15, 0.2) is 5.96 Å². The quantitative estimate of drug-likeness (QED) is 0.272. The summed E-state index contributed by atoms with van der Waals surface area (Å²) in [7, 11) is 0. The molecule has 2 aromatic rings. The van der Waals surface area contributed by atoms with Crippen molar-refractivity contribution < 1.29 is 0 Å². The molecular formula is C15H26IN7S. The summed E-state index contributed by atoms with van der Waals surface area (Å²) in [4.78, 5) is 10.3. The molecule has 2 heterocycles. The number of guanidine groups is 1. The minimum absolute atomic E-state index is 0. The number of hydrogen-bond acceptors (Lipinski definition) is 5. The minimum Gasteiger partial charge on any atom is -0.357 e. The van der Waals surface area contributed by atoms with Crippen LogP contribution in [0.4, 0.5) is 0 Å². The number of aromatic nitrogens is 4. The van der Waals surface area contributed by atoms with Crippen LogP contribution in [-0.2, 0) is 13.1 Å².